The highest BCUT2D eigenvalue weighted by molar-refractivity contribution is 5.97. The highest BCUT2D eigenvalue weighted by atomic mass is 16.6. The minimum absolute atomic E-state index is 0.0109. The van der Waals surface area contributed by atoms with E-state index in [1.165, 1.54) is 4.90 Å². The molecule has 0 aliphatic carbocycles. The number of carbonyl (C=O) groups excluding carboxylic acids is 2. The Morgan fingerprint density at radius 2 is 2.20 bits per heavy atom. The number of nitrogens with zero attached hydrogens (tertiary/aromatic N) is 2. The van der Waals surface area contributed by atoms with Gasteiger partial charge < -0.3 is 10.1 Å². The van der Waals surface area contributed by atoms with Crippen molar-refractivity contribution in [1.82, 2.24) is 10.2 Å². The Morgan fingerprint density at radius 3 is 2.90 bits per heavy atom. The Balaban J connectivity index is 2.02. The van der Waals surface area contributed by atoms with Crippen molar-refractivity contribution in [2.75, 3.05) is 13.1 Å². The minimum Gasteiger partial charge on any atom is -0.444 e. The van der Waals surface area contributed by atoms with Gasteiger partial charge in [0.15, 0.2) is 0 Å². The van der Waals surface area contributed by atoms with Gasteiger partial charge >= 0.3 is 6.09 Å². The summed E-state index contributed by atoms with van der Waals surface area (Å²) in [4.78, 5) is 24.7. The van der Waals surface area contributed by atoms with Crippen LogP contribution in [0.3, 0.4) is 0 Å². The molecule has 0 aromatic heterocycles. The van der Waals surface area contributed by atoms with Crippen LogP contribution < -0.4 is 5.32 Å². The number of hydrogen-bond donors (Lipinski definition) is 1. The summed E-state index contributed by atoms with van der Waals surface area (Å²) in [6, 6.07) is 11.0. The molecule has 1 saturated heterocycles. The lowest BCUT2D eigenvalue weighted by Crippen LogP contribution is -2.48. The SMILES string of the molecule is N#C/C=C1/C(=O)NCCN1C(=O)OCc1ccccc1. The molecule has 0 bridgehead atoms. The average molecular weight is 271 g/mol. The zero-order chi connectivity index (χ0) is 14.4. The van der Waals surface area contributed by atoms with Crippen molar-refractivity contribution in [3.05, 3.63) is 47.7 Å². The number of nitriles is 1. The number of carbonyl (C=O) groups is 2. The Bertz CT molecular complexity index is 575. The molecule has 1 aromatic carbocycles. The van der Waals surface area contributed by atoms with Gasteiger partial charge in [-0.3, -0.25) is 9.69 Å². The molecular formula is C14H13N3O3. The van der Waals surface area contributed by atoms with Gasteiger partial charge in [0.05, 0.1) is 6.07 Å². The Labute approximate surface area is 116 Å². The summed E-state index contributed by atoms with van der Waals surface area (Å²) >= 11 is 0. The summed E-state index contributed by atoms with van der Waals surface area (Å²) in [7, 11) is 0. The fourth-order valence-electron chi connectivity index (χ4n) is 1.81. The van der Waals surface area contributed by atoms with Crippen LogP contribution in [0, 0.1) is 11.3 Å². The molecule has 20 heavy (non-hydrogen) atoms. The van der Waals surface area contributed by atoms with E-state index in [9.17, 15) is 9.59 Å². The molecule has 102 valence electrons. The largest absolute Gasteiger partial charge is 0.444 e. The third-order valence-electron chi connectivity index (χ3n) is 2.77. The van der Waals surface area contributed by atoms with Gasteiger partial charge in [-0.15, -0.1) is 0 Å². The fourth-order valence-corrected chi connectivity index (χ4v) is 1.81. The van der Waals surface area contributed by atoms with E-state index in [1.54, 1.807) is 6.07 Å². The third-order valence-corrected chi connectivity index (χ3v) is 2.77. The van der Waals surface area contributed by atoms with Crippen LogP contribution in [0.15, 0.2) is 42.1 Å². The smallest absolute Gasteiger partial charge is 0.414 e. The quantitative estimate of drug-likeness (QED) is 0.646. The molecule has 6 nitrogen and oxygen atoms in total. The highest BCUT2D eigenvalue weighted by Crippen LogP contribution is 2.12. The molecule has 0 atom stereocenters. The highest BCUT2D eigenvalue weighted by Gasteiger charge is 2.28. The normalized spacial score (nSPS) is 16.4. The predicted molar refractivity (Wildman–Crippen MR) is 70.0 cm³/mol. The number of nitrogens with one attached hydrogen (secondary N) is 1. The number of hydrogen-bond acceptors (Lipinski definition) is 4. The van der Waals surface area contributed by atoms with Gasteiger partial charge in [0.2, 0.25) is 0 Å². The minimum atomic E-state index is -0.634. The lowest BCUT2D eigenvalue weighted by Gasteiger charge is -2.27. The second-order valence-electron chi connectivity index (χ2n) is 4.11. The molecule has 0 radical (unpaired) electrons. The molecule has 1 N–H and O–H groups in total. The molecule has 0 saturated carbocycles. The second-order valence-corrected chi connectivity index (χ2v) is 4.11. The van der Waals surface area contributed by atoms with E-state index in [0.29, 0.717) is 6.54 Å². The van der Waals surface area contributed by atoms with Crippen LogP contribution in [-0.4, -0.2) is 30.0 Å². The van der Waals surface area contributed by atoms with Crippen LogP contribution in [0.2, 0.25) is 0 Å². The van der Waals surface area contributed by atoms with Gasteiger partial charge in [0.25, 0.3) is 5.91 Å². The van der Waals surface area contributed by atoms with Crippen molar-refractivity contribution in [2.24, 2.45) is 0 Å². The molecular weight excluding hydrogens is 258 g/mol. The fraction of sp³-hybridized carbons (Fsp3) is 0.214. The predicted octanol–water partition coefficient (Wildman–Crippen LogP) is 1.16. The van der Waals surface area contributed by atoms with E-state index in [-0.39, 0.29) is 18.8 Å². The molecule has 1 fully saturated rings. The van der Waals surface area contributed by atoms with Crippen LogP contribution in [0.25, 0.3) is 0 Å². The van der Waals surface area contributed by atoms with E-state index in [1.807, 2.05) is 30.3 Å². The Kier molecular flexibility index (Phi) is 4.35. The van der Waals surface area contributed by atoms with Crippen molar-refractivity contribution in [3.63, 3.8) is 0 Å². The van der Waals surface area contributed by atoms with Gasteiger partial charge in [0, 0.05) is 19.2 Å². The summed E-state index contributed by atoms with van der Waals surface area (Å²) < 4.78 is 5.15. The Hall–Kier alpha value is -2.81. The molecule has 0 spiro atoms. The maximum absolute atomic E-state index is 12.0. The summed E-state index contributed by atoms with van der Waals surface area (Å²) in [5.74, 6) is -0.450. The topological polar surface area (TPSA) is 82.4 Å². The van der Waals surface area contributed by atoms with Crippen molar-refractivity contribution in [2.45, 2.75) is 6.61 Å². The first-order valence-corrected chi connectivity index (χ1v) is 6.08. The number of allylic oxidation sites excluding steroid dienone is 1. The molecule has 1 aromatic rings. The number of amides is 2. The zero-order valence-electron chi connectivity index (χ0n) is 10.7. The first kappa shape index (κ1) is 13.6. The van der Waals surface area contributed by atoms with Crippen LogP contribution in [0.1, 0.15) is 5.56 Å². The standard InChI is InChI=1S/C14H13N3O3/c15-7-6-12-13(18)16-8-9-17(12)14(19)20-10-11-4-2-1-3-5-11/h1-6H,8-10H2,(H,16,18)/b12-6-. The van der Waals surface area contributed by atoms with E-state index >= 15 is 0 Å². The molecule has 1 aliphatic heterocycles. The van der Waals surface area contributed by atoms with E-state index in [2.05, 4.69) is 5.32 Å². The van der Waals surface area contributed by atoms with Crippen molar-refractivity contribution >= 4 is 12.0 Å². The van der Waals surface area contributed by atoms with Gasteiger partial charge in [-0.1, -0.05) is 30.3 Å². The maximum atomic E-state index is 12.0. The lowest BCUT2D eigenvalue weighted by molar-refractivity contribution is -0.120. The maximum Gasteiger partial charge on any atom is 0.414 e. The van der Waals surface area contributed by atoms with Crippen LogP contribution >= 0.6 is 0 Å². The summed E-state index contributed by atoms with van der Waals surface area (Å²) in [6.07, 6.45) is 0.406. The summed E-state index contributed by atoms with van der Waals surface area (Å²) in [5.41, 5.74) is 0.866. The van der Waals surface area contributed by atoms with E-state index < -0.39 is 12.0 Å². The zero-order valence-corrected chi connectivity index (χ0v) is 10.7. The first-order valence-electron chi connectivity index (χ1n) is 6.08. The summed E-state index contributed by atoms with van der Waals surface area (Å²) in [5, 5.41) is 11.2. The molecule has 2 rings (SSSR count). The second kappa shape index (κ2) is 6.38. The molecule has 2 amide bonds. The third kappa shape index (κ3) is 3.14. The van der Waals surface area contributed by atoms with Crippen LogP contribution in [0.5, 0.6) is 0 Å². The van der Waals surface area contributed by atoms with Crippen molar-refractivity contribution < 1.29 is 14.3 Å². The molecule has 1 aliphatic rings. The number of rotatable bonds is 2. The average Bonchev–Trinajstić information content (AvgIpc) is 2.48. The van der Waals surface area contributed by atoms with E-state index in [0.717, 1.165) is 11.6 Å². The lowest BCUT2D eigenvalue weighted by atomic mass is 10.2. The number of benzene rings is 1. The molecule has 6 heteroatoms. The molecule has 1 heterocycles. The van der Waals surface area contributed by atoms with Gasteiger partial charge in [-0.2, -0.15) is 5.26 Å². The first-order chi connectivity index (χ1) is 9.72. The van der Waals surface area contributed by atoms with Gasteiger partial charge in [-0.05, 0) is 5.56 Å². The van der Waals surface area contributed by atoms with Crippen LogP contribution in [0.4, 0.5) is 4.79 Å². The van der Waals surface area contributed by atoms with Crippen molar-refractivity contribution in [3.8, 4) is 6.07 Å². The monoisotopic (exact) mass is 271 g/mol. The Morgan fingerprint density at radius 1 is 1.45 bits per heavy atom. The molecule has 0 unspecified atom stereocenters. The van der Waals surface area contributed by atoms with Crippen LogP contribution in [-0.2, 0) is 16.1 Å². The summed E-state index contributed by atoms with van der Waals surface area (Å²) in [6.45, 7) is 0.743. The van der Waals surface area contributed by atoms with Gasteiger partial charge in [-0.25, -0.2) is 4.79 Å². The van der Waals surface area contributed by atoms with Crippen molar-refractivity contribution in [1.29, 1.82) is 5.26 Å². The van der Waals surface area contributed by atoms with E-state index in [4.69, 9.17) is 10.00 Å². The number of ether oxygens (including phenoxy) is 1. The number of piperazine rings is 1. The van der Waals surface area contributed by atoms with Gasteiger partial charge in [0.1, 0.15) is 12.3 Å².